The van der Waals surface area contributed by atoms with Gasteiger partial charge in [-0.1, -0.05) is 121 Å². The number of para-hydroxylation sites is 1. The summed E-state index contributed by atoms with van der Waals surface area (Å²) >= 11 is 0. The van der Waals surface area contributed by atoms with Gasteiger partial charge in [-0.3, -0.25) is 0 Å². The van der Waals surface area contributed by atoms with Crippen LogP contribution < -0.4 is 4.74 Å². The van der Waals surface area contributed by atoms with Crippen molar-refractivity contribution in [3.05, 3.63) is 164 Å². The Morgan fingerprint density at radius 2 is 1.07 bits per heavy atom. The molecular formula is C44H27NO. The van der Waals surface area contributed by atoms with Gasteiger partial charge in [0.05, 0.1) is 11.0 Å². The van der Waals surface area contributed by atoms with E-state index in [1.54, 1.807) is 0 Å². The molecule has 0 N–H and O–H groups in total. The number of nitrogens with zero attached hydrogens (tertiary/aromatic N) is 1. The lowest BCUT2D eigenvalue weighted by atomic mass is 9.92. The van der Waals surface area contributed by atoms with Crippen LogP contribution in [0.4, 0.5) is 0 Å². The summed E-state index contributed by atoms with van der Waals surface area (Å²) in [5.41, 5.74) is 10.7. The van der Waals surface area contributed by atoms with Crippen LogP contribution in [0.1, 0.15) is 0 Å². The summed E-state index contributed by atoms with van der Waals surface area (Å²) in [6.45, 7) is 0. The normalized spacial score (nSPS) is 12.1. The third-order valence-corrected chi connectivity index (χ3v) is 9.57. The van der Waals surface area contributed by atoms with E-state index >= 15 is 0 Å². The molecule has 0 saturated carbocycles. The van der Waals surface area contributed by atoms with Gasteiger partial charge < -0.3 is 9.30 Å². The summed E-state index contributed by atoms with van der Waals surface area (Å²) in [5.74, 6) is 1.83. The van der Waals surface area contributed by atoms with Gasteiger partial charge in [0.1, 0.15) is 11.5 Å². The molecule has 0 fully saturated rings. The number of rotatable bonds is 3. The Kier molecular flexibility index (Phi) is 5.31. The van der Waals surface area contributed by atoms with Gasteiger partial charge in [0.2, 0.25) is 0 Å². The molecule has 2 heteroatoms. The van der Waals surface area contributed by atoms with Gasteiger partial charge in [0.15, 0.2) is 0 Å². The zero-order valence-electron chi connectivity index (χ0n) is 24.9. The van der Waals surface area contributed by atoms with E-state index in [4.69, 9.17) is 4.74 Å². The Morgan fingerprint density at radius 3 is 1.93 bits per heavy atom. The highest BCUT2D eigenvalue weighted by Crippen LogP contribution is 2.47. The number of benzene rings is 8. The van der Waals surface area contributed by atoms with E-state index in [0.717, 1.165) is 22.7 Å². The molecule has 1 aromatic heterocycles. The predicted octanol–water partition coefficient (Wildman–Crippen LogP) is 12.2. The van der Waals surface area contributed by atoms with Gasteiger partial charge in [0.25, 0.3) is 0 Å². The second-order valence-corrected chi connectivity index (χ2v) is 12.1. The lowest BCUT2D eigenvalue weighted by Gasteiger charge is -2.22. The summed E-state index contributed by atoms with van der Waals surface area (Å²) < 4.78 is 8.74. The van der Waals surface area contributed by atoms with E-state index in [2.05, 4.69) is 168 Å². The summed E-state index contributed by atoms with van der Waals surface area (Å²) in [7, 11) is 0. The first-order valence-electron chi connectivity index (χ1n) is 15.8. The first-order chi connectivity index (χ1) is 22.8. The number of aromatic nitrogens is 1. The molecule has 0 atom stereocenters. The summed E-state index contributed by atoms with van der Waals surface area (Å²) in [4.78, 5) is 0. The van der Waals surface area contributed by atoms with Crippen molar-refractivity contribution in [3.63, 3.8) is 0 Å². The summed E-state index contributed by atoms with van der Waals surface area (Å²) in [6, 6.07) is 59.0. The molecule has 10 rings (SSSR count). The van der Waals surface area contributed by atoms with Gasteiger partial charge >= 0.3 is 0 Å². The minimum absolute atomic E-state index is 0.904. The standard InChI is InChI=1S/C44H27NO/c1-2-13-35-30(8-1)22-24-40-44(35)37-14-3-4-16-39(37)45(40)34-12-5-11-32(26-34)28-18-20-29(21-19-28)33-23-25-41-38(27-33)36-15-6-9-31-10-7-17-42(46-41)43(31)36/h1-27H. The summed E-state index contributed by atoms with van der Waals surface area (Å²) in [5, 5.41) is 7.52. The maximum atomic E-state index is 6.33. The van der Waals surface area contributed by atoms with Gasteiger partial charge in [-0.25, -0.2) is 0 Å². The van der Waals surface area contributed by atoms with E-state index in [0.29, 0.717) is 0 Å². The molecule has 1 aliphatic heterocycles. The fourth-order valence-corrected chi connectivity index (χ4v) is 7.44. The first kappa shape index (κ1) is 25.2. The van der Waals surface area contributed by atoms with Crippen molar-refractivity contribution >= 4 is 43.4 Å². The van der Waals surface area contributed by atoms with E-state index in [9.17, 15) is 0 Å². The lowest BCUT2D eigenvalue weighted by Crippen LogP contribution is -1.97. The number of hydrogen-bond acceptors (Lipinski definition) is 1. The average Bonchev–Trinajstić information content (AvgIpc) is 3.47. The van der Waals surface area contributed by atoms with E-state index < -0.39 is 0 Å². The van der Waals surface area contributed by atoms with Crippen molar-refractivity contribution in [1.82, 2.24) is 4.57 Å². The maximum Gasteiger partial charge on any atom is 0.135 e. The van der Waals surface area contributed by atoms with Crippen molar-refractivity contribution in [3.8, 4) is 50.6 Å². The molecule has 2 nitrogen and oxygen atoms in total. The Labute approximate surface area is 266 Å². The van der Waals surface area contributed by atoms with Crippen LogP contribution in [0.15, 0.2) is 164 Å². The third-order valence-electron chi connectivity index (χ3n) is 9.57. The predicted molar refractivity (Wildman–Crippen MR) is 192 cm³/mol. The first-order valence-corrected chi connectivity index (χ1v) is 15.8. The average molecular weight is 586 g/mol. The number of fused-ring (bicyclic) bond motifs is 7. The summed E-state index contributed by atoms with van der Waals surface area (Å²) in [6.07, 6.45) is 0. The van der Waals surface area contributed by atoms with Crippen LogP contribution in [-0.4, -0.2) is 4.57 Å². The molecule has 0 unspecified atom stereocenters. The van der Waals surface area contributed by atoms with Gasteiger partial charge in [0, 0.05) is 27.4 Å². The van der Waals surface area contributed by atoms with Gasteiger partial charge in [-0.05, 0) is 86.4 Å². The Morgan fingerprint density at radius 1 is 0.370 bits per heavy atom. The molecule has 46 heavy (non-hydrogen) atoms. The van der Waals surface area contributed by atoms with Gasteiger partial charge in [-0.15, -0.1) is 0 Å². The zero-order chi connectivity index (χ0) is 30.2. The van der Waals surface area contributed by atoms with Crippen molar-refractivity contribution < 1.29 is 4.74 Å². The van der Waals surface area contributed by atoms with Crippen molar-refractivity contribution in [1.29, 1.82) is 0 Å². The van der Waals surface area contributed by atoms with Crippen molar-refractivity contribution in [2.45, 2.75) is 0 Å². The molecular weight excluding hydrogens is 558 g/mol. The largest absolute Gasteiger partial charge is 0.456 e. The smallest absolute Gasteiger partial charge is 0.135 e. The Balaban J connectivity index is 1.05. The van der Waals surface area contributed by atoms with Crippen molar-refractivity contribution in [2.24, 2.45) is 0 Å². The Bertz CT molecular complexity index is 2660. The van der Waals surface area contributed by atoms with Crippen LogP contribution in [-0.2, 0) is 0 Å². The zero-order valence-corrected chi connectivity index (χ0v) is 24.9. The second-order valence-electron chi connectivity index (χ2n) is 12.1. The molecule has 9 aromatic rings. The maximum absolute atomic E-state index is 6.33. The molecule has 0 spiro atoms. The monoisotopic (exact) mass is 585 g/mol. The molecule has 1 aliphatic rings. The Hall–Kier alpha value is -6.12. The second kappa shape index (κ2) is 9.69. The van der Waals surface area contributed by atoms with Crippen LogP contribution >= 0.6 is 0 Å². The fourth-order valence-electron chi connectivity index (χ4n) is 7.44. The van der Waals surface area contributed by atoms with Gasteiger partial charge in [-0.2, -0.15) is 0 Å². The molecule has 214 valence electrons. The fraction of sp³-hybridized carbons (Fsp3) is 0. The molecule has 2 heterocycles. The highest BCUT2D eigenvalue weighted by Gasteiger charge is 2.20. The SMILES string of the molecule is c1cc(-c2ccc(-c3ccc4c(c3)-c3cccc5cccc(c35)O4)cc2)cc(-n2c3ccccc3c3c4ccccc4ccc32)c1. The minimum Gasteiger partial charge on any atom is -0.456 e. The lowest BCUT2D eigenvalue weighted by molar-refractivity contribution is 0.487. The highest BCUT2D eigenvalue weighted by atomic mass is 16.5. The molecule has 0 bridgehead atoms. The van der Waals surface area contributed by atoms with Crippen LogP contribution in [0.25, 0.3) is 82.4 Å². The minimum atomic E-state index is 0.904. The number of hydrogen-bond donors (Lipinski definition) is 0. The van der Waals surface area contributed by atoms with Crippen LogP contribution in [0.2, 0.25) is 0 Å². The molecule has 0 aliphatic carbocycles. The van der Waals surface area contributed by atoms with Crippen LogP contribution in [0.3, 0.4) is 0 Å². The molecule has 0 radical (unpaired) electrons. The van der Waals surface area contributed by atoms with Crippen LogP contribution in [0, 0.1) is 0 Å². The van der Waals surface area contributed by atoms with E-state index in [1.165, 1.54) is 71.2 Å². The number of ether oxygens (including phenoxy) is 1. The van der Waals surface area contributed by atoms with Crippen LogP contribution in [0.5, 0.6) is 11.5 Å². The molecule has 8 aromatic carbocycles. The quantitative estimate of drug-likeness (QED) is 0.201. The van der Waals surface area contributed by atoms with E-state index in [-0.39, 0.29) is 0 Å². The third kappa shape index (κ3) is 3.71. The topological polar surface area (TPSA) is 14.2 Å². The van der Waals surface area contributed by atoms with E-state index in [1.807, 2.05) is 0 Å². The molecule has 0 amide bonds. The molecule has 0 saturated heterocycles. The van der Waals surface area contributed by atoms with Crippen molar-refractivity contribution in [2.75, 3.05) is 0 Å². The highest BCUT2D eigenvalue weighted by molar-refractivity contribution is 6.21.